The lowest BCUT2D eigenvalue weighted by atomic mass is 9.95. The Bertz CT molecular complexity index is 1350. The van der Waals surface area contributed by atoms with E-state index in [0.29, 0.717) is 19.0 Å². The molecule has 4 aromatic rings. The Labute approximate surface area is 198 Å². The van der Waals surface area contributed by atoms with Gasteiger partial charge in [-0.3, -0.25) is 9.78 Å². The molecule has 2 aromatic carbocycles. The number of ether oxygens (including phenoxy) is 1. The molecule has 0 saturated carbocycles. The van der Waals surface area contributed by atoms with Crippen LogP contribution in [0.15, 0.2) is 71.5 Å². The van der Waals surface area contributed by atoms with Gasteiger partial charge >= 0.3 is 0 Å². The van der Waals surface area contributed by atoms with E-state index in [-0.39, 0.29) is 17.3 Å². The Morgan fingerprint density at radius 2 is 1.91 bits per heavy atom. The molecule has 0 radical (unpaired) electrons. The number of carbonyl (C=O) groups is 1. The fourth-order valence-electron chi connectivity index (χ4n) is 4.05. The lowest BCUT2D eigenvalue weighted by Crippen LogP contribution is -2.36. The number of methoxy groups -OCH3 is 1. The molecule has 0 N–H and O–H groups in total. The maximum Gasteiger partial charge on any atom is 0.274 e. The molecule has 0 aliphatic carbocycles. The Balaban J connectivity index is 1.39. The van der Waals surface area contributed by atoms with Crippen LogP contribution in [-0.4, -0.2) is 39.2 Å². The molecule has 1 aliphatic heterocycles. The molecular formula is C25H20BrFN4O2. The molecule has 2 aromatic heterocycles. The molecule has 0 bridgehead atoms. The van der Waals surface area contributed by atoms with Crippen LogP contribution in [0.5, 0.6) is 5.88 Å². The molecule has 0 spiro atoms. The summed E-state index contributed by atoms with van der Waals surface area (Å²) in [6, 6.07) is 16.1. The molecule has 0 atom stereocenters. The van der Waals surface area contributed by atoms with Crippen LogP contribution in [0.1, 0.15) is 21.6 Å². The number of pyridine rings is 1. The summed E-state index contributed by atoms with van der Waals surface area (Å²) in [4.78, 5) is 19.2. The molecule has 5 rings (SSSR count). The van der Waals surface area contributed by atoms with Gasteiger partial charge in [0.2, 0.25) is 5.88 Å². The van der Waals surface area contributed by atoms with E-state index in [1.54, 1.807) is 35.4 Å². The van der Waals surface area contributed by atoms with Crippen LogP contribution in [0.4, 0.5) is 4.39 Å². The maximum absolute atomic E-state index is 14.3. The zero-order chi connectivity index (χ0) is 22.9. The van der Waals surface area contributed by atoms with Crippen molar-refractivity contribution in [3.8, 4) is 22.7 Å². The summed E-state index contributed by atoms with van der Waals surface area (Å²) in [7, 11) is 1.47. The van der Waals surface area contributed by atoms with E-state index in [1.807, 2.05) is 18.3 Å². The van der Waals surface area contributed by atoms with Gasteiger partial charge < -0.3 is 9.64 Å². The molecule has 0 saturated heterocycles. The van der Waals surface area contributed by atoms with Crippen molar-refractivity contribution in [3.05, 3.63) is 94.1 Å². The Kier molecular flexibility index (Phi) is 5.68. The molecular weight excluding hydrogens is 487 g/mol. The summed E-state index contributed by atoms with van der Waals surface area (Å²) in [5.74, 6) is -0.358. The molecule has 0 unspecified atom stereocenters. The molecule has 1 aliphatic rings. The monoisotopic (exact) mass is 506 g/mol. The zero-order valence-electron chi connectivity index (χ0n) is 17.8. The van der Waals surface area contributed by atoms with E-state index in [1.165, 1.54) is 23.4 Å². The highest BCUT2D eigenvalue weighted by atomic mass is 79.9. The Morgan fingerprint density at radius 1 is 1.06 bits per heavy atom. The number of carbonyl (C=O) groups excluding carboxylic acids is 1. The summed E-state index contributed by atoms with van der Waals surface area (Å²) in [6.45, 7) is 1.06. The summed E-state index contributed by atoms with van der Waals surface area (Å²) in [5, 5.41) is 4.35. The quantitative estimate of drug-likeness (QED) is 0.388. The maximum atomic E-state index is 14.3. The SMILES string of the molecule is COc1cc(C(=O)N2CCc3cc(-c4cncc(Br)c4)ccc3C2)nn1-c1ccccc1F. The molecule has 166 valence electrons. The van der Waals surface area contributed by atoms with E-state index < -0.39 is 5.82 Å². The molecule has 0 fully saturated rings. The summed E-state index contributed by atoms with van der Waals surface area (Å²) in [6.07, 6.45) is 4.33. The average molecular weight is 507 g/mol. The highest BCUT2D eigenvalue weighted by Gasteiger charge is 2.26. The number of amides is 1. The topological polar surface area (TPSA) is 60.2 Å². The number of para-hydroxylation sites is 1. The third-order valence-electron chi connectivity index (χ3n) is 5.73. The van der Waals surface area contributed by atoms with Gasteiger partial charge in [-0.1, -0.05) is 30.3 Å². The second-order valence-corrected chi connectivity index (χ2v) is 8.70. The van der Waals surface area contributed by atoms with E-state index in [0.717, 1.165) is 27.6 Å². The molecule has 3 heterocycles. The van der Waals surface area contributed by atoms with E-state index in [2.05, 4.69) is 38.1 Å². The lowest BCUT2D eigenvalue weighted by Gasteiger charge is -2.28. The first-order valence-corrected chi connectivity index (χ1v) is 11.2. The third kappa shape index (κ3) is 4.14. The van der Waals surface area contributed by atoms with E-state index >= 15 is 0 Å². The van der Waals surface area contributed by atoms with Crippen LogP contribution in [0.3, 0.4) is 0 Å². The number of benzene rings is 2. The lowest BCUT2D eigenvalue weighted by molar-refractivity contribution is 0.0728. The van der Waals surface area contributed by atoms with Gasteiger partial charge in [-0.2, -0.15) is 9.78 Å². The van der Waals surface area contributed by atoms with Crippen LogP contribution in [0.2, 0.25) is 0 Å². The Morgan fingerprint density at radius 3 is 2.70 bits per heavy atom. The first-order chi connectivity index (χ1) is 16.0. The van der Waals surface area contributed by atoms with Crippen molar-refractivity contribution in [2.45, 2.75) is 13.0 Å². The summed E-state index contributed by atoms with van der Waals surface area (Å²) >= 11 is 3.47. The van der Waals surface area contributed by atoms with E-state index in [4.69, 9.17) is 4.74 Å². The first-order valence-electron chi connectivity index (χ1n) is 10.4. The number of hydrogen-bond acceptors (Lipinski definition) is 4. The molecule has 1 amide bonds. The number of hydrogen-bond donors (Lipinski definition) is 0. The smallest absolute Gasteiger partial charge is 0.274 e. The van der Waals surface area contributed by atoms with Gasteiger partial charge in [0.15, 0.2) is 5.69 Å². The van der Waals surface area contributed by atoms with Crippen LogP contribution in [0.25, 0.3) is 16.8 Å². The minimum Gasteiger partial charge on any atom is -0.481 e. The first kappa shape index (κ1) is 21.3. The fraction of sp³-hybridized carbons (Fsp3) is 0.160. The van der Waals surface area contributed by atoms with Crippen molar-refractivity contribution >= 4 is 21.8 Å². The number of rotatable bonds is 4. The third-order valence-corrected chi connectivity index (χ3v) is 6.16. The minimum absolute atomic E-state index is 0.214. The zero-order valence-corrected chi connectivity index (χ0v) is 19.4. The highest BCUT2D eigenvalue weighted by Crippen LogP contribution is 2.29. The van der Waals surface area contributed by atoms with Gasteiger partial charge in [-0.25, -0.2) is 4.39 Å². The van der Waals surface area contributed by atoms with Gasteiger partial charge in [0.25, 0.3) is 5.91 Å². The highest BCUT2D eigenvalue weighted by molar-refractivity contribution is 9.10. The predicted octanol–water partition coefficient (Wildman–Crippen LogP) is 5.04. The van der Waals surface area contributed by atoms with Crippen LogP contribution >= 0.6 is 15.9 Å². The van der Waals surface area contributed by atoms with Gasteiger partial charge in [0, 0.05) is 41.6 Å². The van der Waals surface area contributed by atoms with Crippen LogP contribution in [0, 0.1) is 5.82 Å². The predicted molar refractivity (Wildman–Crippen MR) is 126 cm³/mol. The van der Waals surface area contributed by atoms with Crippen molar-refractivity contribution in [2.75, 3.05) is 13.7 Å². The van der Waals surface area contributed by atoms with E-state index in [9.17, 15) is 9.18 Å². The van der Waals surface area contributed by atoms with Gasteiger partial charge in [0.1, 0.15) is 11.5 Å². The Hall–Kier alpha value is -3.52. The number of halogens is 2. The summed E-state index contributed by atoms with van der Waals surface area (Å²) < 4.78 is 21.9. The standard InChI is InChI=1S/C25H20BrFN4O2/c1-33-24-12-22(29-31(24)23-5-3-2-4-21(23)27)25(32)30-9-8-17-10-16(6-7-18(17)15-30)19-11-20(26)14-28-13-19/h2-7,10-14H,8-9,15H2,1H3. The van der Waals surface area contributed by atoms with Crippen molar-refractivity contribution in [1.82, 2.24) is 19.7 Å². The minimum atomic E-state index is -0.443. The van der Waals surface area contributed by atoms with Crippen molar-refractivity contribution < 1.29 is 13.9 Å². The average Bonchev–Trinajstić information content (AvgIpc) is 3.27. The van der Waals surface area contributed by atoms with Gasteiger partial charge in [0.05, 0.1) is 7.11 Å². The number of aromatic nitrogens is 3. The van der Waals surface area contributed by atoms with Crippen molar-refractivity contribution in [2.24, 2.45) is 0 Å². The summed E-state index contributed by atoms with van der Waals surface area (Å²) in [5.41, 5.74) is 4.89. The normalized spacial score (nSPS) is 13.0. The van der Waals surface area contributed by atoms with Gasteiger partial charge in [-0.05, 0) is 57.2 Å². The fourth-order valence-corrected chi connectivity index (χ4v) is 4.41. The van der Waals surface area contributed by atoms with Crippen molar-refractivity contribution in [1.29, 1.82) is 0 Å². The second kappa shape index (κ2) is 8.78. The van der Waals surface area contributed by atoms with Crippen molar-refractivity contribution in [3.63, 3.8) is 0 Å². The second-order valence-electron chi connectivity index (χ2n) is 7.79. The molecule has 33 heavy (non-hydrogen) atoms. The van der Waals surface area contributed by atoms with Gasteiger partial charge in [-0.15, -0.1) is 0 Å². The molecule has 8 heteroatoms. The van der Waals surface area contributed by atoms with Crippen LogP contribution < -0.4 is 4.74 Å². The number of nitrogens with zero attached hydrogens (tertiary/aromatic N) is 4. The largest absolute Gasteiger partial charge is 0.481 e. The number of fused-ring (bicyclic) bond motifs is 1. The van der Waals surface area contributed by atoms with Crippen LogP contribution in [-0.2, 0) is 13.0 Å². The molecule has 6 nitrogen and oxygen atoms in total.